The van der Waals surface area contributed by atoms with Gasteiger partial charge >= 0.3 is 0 Å². The van der Waals surface area contributed by atoms with E-state index in [4.69, 9.17) is 11.1 Å². The Balaban J connectivity index is 1.48. The van der Waals surface area contributed by atoms with Gasteiger partial charge in [-0.3, -0.25) is 19.2 Å². The monoisotopic (exact) mass is 518 g/mol. The van der Waals surface area contributed by atoms with E-state index in [9.17, 15) is 19.2 Å². The van der Waals surface area contributed by atoms with Gasteiger partial charge in [-0.1, -0.05) is 38.5 Å². The fraction of sp³-hybridized carbons (Fsp3) is 0.385. The lowest BCUT2D eigenvalue weighted by Crippen LogP contribution is -2.11. The molecule has 38 heavy (non-hydrogen) atoms. The molecule has 0 radical (unpaired) electrons. The smallest absolute Gasteiger partial charge is 0.249 e. The number of unbranched alkanes of at least 4 members (excludes halogenated alkanes) is 7. The number of anilines is 2. The molecule has 0 aliphatic heterocycles. The van der Waals surface area contributed by atoms with E-state index >= 15 is 0 Å². The molecule has 0 spiro atoms. The average molecular weight is 519 g/mol. The number of azide groups is 2. The van der Waals surface area contributed by atoms with Crippen LogP contribution in [0.25, 0.3) is 20.9 Å². The molecule has 0 atom stereocenters. The molecule has 0 bridgehead atoms. The molecular formula is C26H30N8O4. The minimum absolute atomic E-state index is 0.0880. The first-order chi connectivity index (χ1) is 18.4. The number of rotatable bonds is 15. The van der Waals surface area contributed by atoms with Crippen LogP contribution in [0.2, 0.25) is 0 Å². The van der Waals surface area contributed by atoms with Crippen LogP contribution in [0, 0.1) is 0 Å². The highest BCUT2D eigenvalue weighted by Crippen LogP contribution is 2.15. The third kappa shape index (κ3) is 11.4. The molecule has 12 heteroatoms. The molecule has 0 heterocycles. The normalized spacial score (nSPS) is 10.0. The predicted octanol–water partition coefficient (Wildman–Crippen LogP) is 7.07. The molecule has 2 rings (SSSR count). The molecule has 4 amide bonds. The summed E-state index contributed by atoms with van der Waals surface area (Å²) in [7, 11) is 0. The molecule has 2 aromatic rings. The van der Waals surface area contributed by atoms with Crippen LogP contribution in [-0.4, -0.2) is 23.6 Å². The van der Waals surface area contributed by atoms with E-state index in [1.54, 1.807) is 24.3 Å². The highest BCUT2D eigenvalue weighted by molar-refractivity contribution is 5.97. The van der Waals surface area contributed by atoms with Crippen LogP contribution in [-0.2, 0) is 9.59 Å². The Morgan fingerprint density at radius 2 is 0.868 bits per heavy atom. The van der Waals surface area contributed by atoms with Crippen molar-refractivity contribution in [3.63, 3.8) is 0 Å². The summed E-state index contributed by atoms with van der Waals surface area (Å²) in [5.41, 5.74) is 18.3. The van der Waals surface area contributed by atoms with Gasteiger partial charge in [-0.15, -0.1) is 0 Å². The van der Waals surface area contributed by atoms with Gasteiger partial charge in [0.25, 0.3) is 0 Å². The quantitative estimate of drug-likeness (QED) is 0.110. The summed E-state index contributed by atoms with van der Waals surface area (Å²) in [4.78, 5) is 52.0. The van der Waals surface area contributed by atoms with E-state index in [0.717, 1.165) is 51.4 Å². The molecule has 0 saturated heterocycles. The number of benzene rings is 2. The molecule has 2 N–H and O–H groups in total. The Morgan fingerprint density at radius 3 is 1.18 bits per heavy atom. The number of carbonyl (C=O) groups excluding carboxylic acids is 4. The number of amides is 4. The number of hydrogen-bond acceptors (Lipinski definition) is 4. The Hall–Kier alpha value is -4.66. The molecule has 0 aromatic heterocycles. The summed E-state index contributed by atoms with van der Waals surface area (Å²) in [6.07, 6.45) is 8.59. The SMILES string of the molecule is [N-]=[N+]=NC(=O)c1ccc(NC(=O)CCCCCCCCCCC(=O)Nc2ccc(C(=O)N=[N+]=[N-])cc2)cc1. The maximum absolute atomic E-state index is 12.1. The van der Waals surface area contributed by atoms with Crippen molar-refractivity contribution < 1.29 is 19.2 Å². The molecule has 0 unspecified atom stereocenters. The molecule has 198 valence electrons. The van der Waals surface area contributed by atoms with Gasteiger partial charge in [-0.05, 0) is 82.7 Å². The lowest BCUT2D eigenvalue weighted by Gasteiger charge is -2.07. The topological polar surface area (TPSA) is 190 Å². The highest BCUT2D eigenvalue weighted by atomic mass is 16.2. The zero-order valence-corrected chi connectivity index (χ0v) is 21.0. The van der Waals surface area contributed by atoms with Gasteiger partial charge in [-0.2, -0.15) is 0 Å². The average Bonchev–Trinajstić information content (AvgIpc) is 2.91. The molecule has 12 nitrogen and oxygen atoms in total. The van der Waals surface area contributed by atoms with E-state index in [0.29, 0.717) is 24.2 Å². The number of nitrogens with one attached hydrogen (secondary N) is 2. The van der Waals surface area contributed by atoms with Crippen molar-refractivity contribution in [2.75, 3.05) is 10.6 Å². The fourth-order valence-corrected chi connectivity index (χ4v) is 3.67. The summed E-state index contributed by atoms with van der Waals surface area (Å²) in [5.74, 6) is -1.51. The van der Waals surface area contributed by atoms with Crippen molar-refractivity contribution >= 4 is 35.0 Å². The summed E-state index contributed by atoms with van der Waals surface area (Å²) >= 11 is 0. The van der Waals surface area contributed by atoms with Gasteiger partial charge in [0.2, 0.25) is 23.6 Å². The van der Waals surface area contributed by atoms with Crippen LogP contribution in [0.1, 0.15) is 84.9 Å². The van der Waals surface area contributed by atoms with E-state index in [1.165, 1.54) is 24.3 Å². The summed E-state index contributed by atoms with van der Waals surface area (Å²) in [6.45, 7) is 0. The third-order valence-corrected chi connectivity index (χ3v) is 5.66. The van der Waals surface area contributed by atoms with Crippen molar-refractivity contribution in [2.24, 2.45) is 10.2 Å². The van der Waals surface area contributed by atoms with Gasteiger partial charge < -0.3 is 10.6 Å². The Kier molecular flexibility index (Phi) is 13.2. The second kappa shape index (κ2) is 16.9. The van der Waals surface area contributed by atoms with E-state index in [2.05, 4.69) is 30.7 Å². The molecule has 0 aliphatic carbocycles. The first-order valence-electron chi connectivity index (χ1n) is 12.4. The molecule has 0 saturated carbocycles. The lowest BCUT2D eigenvalue weighted by molar-refractivity contribution is -0.117. The van der Waals surface area contributed by atoms with Crippen LogP contribution in [0.4, 0.5) is 11.4 Å². The van der Waals surface area contributed by atoms with Crippen LogP contribution < -0.4 is 10.6 Å². The van der Waals surface area contributed by atoms with E-state index in [1.807, 2.05) is 0 Å². The number of nitrogens with zero attached hydrogens (tertiary/aromatic N) is 6. The lowest BCUT2D eigenvalue weighted by atomic mass is 10.1. The zero-order chi connectivity index (χ0) is 27.6. The Morgan fingerprint density at radius 1 is 0.553 bits per heavy atom. The first-order valence-corrected chi connectivity index (χ1v) is 12.4. The van der Waals surface area contributed by atoms with Gasteiger partial charge in [0.15, 0.2) is 0 Å². The molecule has 0 aliphatic rings. The van der Waals surface area contributed by atoms with Crippen LogP contribution >= 0.6 is 0 Å². The second-order valence-corrected chi connectivity index (χ2v) is 8.57. The number of carbonyl (C=O) groups is 4. The maximum atomic E-state index is 12.1. The molecule has 2 aromatic carbocycles. The highest BCUT2D eigenvalue weighted by Gasteiger charge is 2.07. The van der Waals surface area contributed by atoms with Gasteiger partial charge in [0, 0.05) is 45.2 Å². The van der Waals surface area contributed by atoms with Crippen molar-refractivity contribution in [1.29, 1.82) is 0 Å². The summed E-state index contributed by atoms with van der Waals surface area (Å²) in [6, 6.07) is 12.4. The third-order valence-electron chi connectivity index (χ3n) is 5.66. The van der Waals surface area contributed by atoms with Crippen molar-refractivity contribution in [2.45, 2.75) is 64.2 Å². The summed E-state index contributed by atoms with van der Waals surface area (Å²) in [5, 5.41) is 11.6. The van der Waals surface area contributed by atoms with Crippen molar-refractivity contribution in [3.8, 4) is 0 Å². The maximum Gasteiger partial charge on any atom is 0.249 e. The summed E-state index contributed by atoms with van der Waals surface area (Å²) < 4.78 is 0. The Labute approximate surface area is 220 Å². The van der Waals surface area contributed by atoms with Gasteiger partial charge in [-0.25, -0.2) is 0 Å². The van der Waals surface area contributed by atoms with Gasteiger partial charge in [0.1, 0.15) is 0 Å². The zero-order valence-electron chi connectivity index (χ0n) is 21.0. The number of hydrogen-bond donors (Lipinski definition) is 2. The second-order valence-electron chi connectivity index (χ2n) is 8.57. The Bertz CT molecular complexity index is 1100. The van der Waals surface area contributed by atoms with Crippen LogP contribution in [0.3, 0.4) is 0 Å². The van der Waals surface area contributed by atoms with Crippen molar-refractivity contribution in [1.82, 2.24) is 0 Å². The minimum atomic E-state index is -0.667. The van der Waals surface area contributed by atoms with Gasteiger partial charge in [0.05, 0.1) is 0 Å². The molecule has 0 fully saturated rings. The van der Waals surface area contributed by atoms with E-state index in [-0.39, 0.29) is 22.9 Å². The van der Waals surface area contributed by atoms with E-state index < -0.39 is 11.8 Å². The van der Waals surface area contributed by atoms with Crippen LogP contribution in [0.5, 0.6) is 0 Å². The standard InChI is InChI=1S/C26H30N8O4/c27-33-31-25(37)19-11-15-21(16-12-19)29-23(35)9-7-5-3-1-2-4-6-8-10-24(36)30-22-17-13-20(14-18-22)26(38)32-34-28/h11-18H,1-10H2,(H,29,35)(H,30,36). The van der Waals surface area contributed by atoms with Crippen LogP contribution in [0.15, 0.2) is 58.8 Å². The first kappa shape index (κ1) is 29.6. The largest absolute Gasteiger partial charge is 0.326 e. The predicted molar refractivity (Wildman–Crippen MR) is 143 cm³/mol. The molecular weight excluding hydrogens is 488 g/mol. The fourth-order valence-electron chi connectivity index (χ4n) is 3.67. The van der Waals surface area contributed by atoms with Crippen molar-refractivity contribution in [3.05, 3.63) is 80.5 Å². The minimum Gasteiger partial charge on any atom is -0.326 e.